The van der Waals surface area contributed by atoms with Crippen LogP contribution >= 0.6 is 11.3 Å². The van der Waals surface area contributed by atoms with Crippen molar-refractivity contribution in [3.05, 3.63) is 16.3 Å². The maximum atomic E-state index is 6.03. The summed E-state index contributed by atoms with van der Waals surface area (Å²) in [4.78, 5) is 4.08. The van der Waals surface area contributed by atoms with Crippen LogP contribution < -0.4 is 4.74 Å². The molecule has 1 aromatic rings. The van der Waals surface area contributed by atoms with Crippen molar-refractivity contribution in [3.63, 3.8) is 0 Å². The van der Waals surface area contributed by atoms with Crippen LogP contribution in [0.5, 0.6) is 5.75 Å². The molecular formula is C13H19NOS. The van der Waals surface area contributed by atoms with Crippen LogP contribution in [0.25, 0.3) is 0 Å². The summed E-state index contributed by atoms with van der Waals surface area (Å²) in [5.41, 5.74) is -0.0126. The van der Waals surface area contributed by atoms with E-state index in [4.69, 9.17) is 4.74 Å². The Morgan fingerprint density at radius 1 is 1.38 bits per heavy atom. The summed E-state index contributed by atoms with van der Waals surface area (Å²) in [6.45, 7) is 6.93. The molecule has 0 bridgehead atoms. The van der Waals surface area contributed by atoms with Gasteiger partial charge in [-0.3, -0.25) is 4.90 Å². The molecule has 0 radical (unpaired) electrons. The van der Waals surface area contributed by atoms with Gasteiger partial charge in [0.2, 0.25) is 0 Å². The SMILES string of the molecule is CC1(C)CC(N2CCCC2)c2sccc2O1. The third kappa shape index (κ3) is 1.76. The first kappa shape index (κ1) is 10.6. The molecular weight excluding hydrogens is 218 g/mol. The Morgan fingerprint density at radius 3 is 2.88 bits per heavy atom. The molecule has 2 aliphatic heterocycles. The van der Waals surface area contributed by atoms with Crippen LogP contribution in [0.4, 0.5) is 0 Å². The maximum Gasteiger partial charge on any atom is 0.135 e. The standard InChI is InChI=1S/C13H19NOS/c1-13(2)9-10(14-6-3-4-7-14)12-11(15-13)5-8-16-12/h5,8,10H,3-4,6-7,9H2,1-2H3. The van der Waals surface area contributed by atoms with Crippen LogP contribution in [0.2, 0.25) is 0 Å². The summed E-state index contributed by atoms with van der Waals surface area (Å²) >= 11 is 1.85. The Kier molecular flexibility index (Phi) is 2.48. The molecule has 0 aromatic carbocycles. The molecule has 1 unspecified atom stereocenters. The summed E-state index contributed by atoms with van der Waals surface area (Å²) in [5.74, 6) is 1.12. The lowest BCUT2D eigenvalue weighted by Crippen LogP contribution is -2.39. The molecule has 1 saturated heterocycles. The predicted octanol–water partition coefficient (Wildman–Crippen LogP) is 3.45. The molecule has 0 amide bonds. The number of nitrogens with zero attached hydrogens (tertiary/aromatic N) is 1. The van der Waals surface area contributed by atoms with Crippen molar-refractivity contribution in [2.45, 2.75) is 44.8 Å². The average Bonchev–Trinajstić information content (AvgIpc) is 2.83. The van der Waals surface area contributed by atoms with Crippen LogP contribution in [-0.2, 0) is 0 Å². The Labute approximate surface area is 101 Å². The van der Waals surface area contributed by atoms with E-state index in [0.29, 0.717) is 6.04 Å². The lowest BCUT2D eigenvalue weighted by Gasteiger charge is -2.39. The largest absolute Gasteiger partial charge is 0.487 e. The van der Waals surface area contributed by atoms with E-state index in [1.165, 1.54) is 30.8 Å². The summed E-state index contributed by atoms with van der Waals surface area (Å²) in [5, 5.41) is 2.16. The molecule has 0 aliphatic carbocycles. The van der Waals surface area contributed by atoms with Crippen molar-refractivity contribution >= 4 is 11.3 Å². The van der Waals surface area contributed by atoms with Gasteiger partial charge in [-0.15, -0.1) is 11.3 Å². The molecule has 2 aliphatic rings. The number of fused-ring (bicyclic) bond motifs is 1. The number of likely N-dealkylation sites (tertiary alicyclic amines) is 1. The van der Waals surface area contributed by atoms with Gasteiger partial charge >= 0.3 is 0 Å². The van der Waals surface area contributed by atoms with E-state index in [1.807, 2.05) is 11.3 Å². The van der Waals surface area contributed by atoms with E-state index in [1.54, 1.807) is 0 Å². The highest BCUT2D eigenvalue weighted by molar-refractivity contribution is 7.10. The van der Waals surface area contributed by atoms with Gasteiger partial charge in [-0.25, -0.2) is 0 Å². The van der Waals surface area contributed by atoms with Crippen molar-refractivity contribution in [1.82, 2.24) is 4.90 Å². The molecule has 3 heteroatoms. The molecule has 1 aromatic heterocycles. The normalized spacial score (nSPS) is 28.8. The van der Waals surface area contributed by atoms with Crippen LogP contribution in [0.1, 0.15) is 44.0 Å². The van der Waals surface area contributed by atoms with Crippen LogP contribution in [-0.4, -0.2) is 23.6 Å². The number of ether oxygens (including phenoxy) is 1. The second-order valence-electron chi connectivity index (χ2n) is 5.47. The summed E-state index contributed by atoms with van der Waals surface area (Å²) in [6.07, 6.45) is 3.84. The predicted molar refractivity (Wildman–Crippen MR) is 67.2 cm³/mol. The molecule has 1 atom stereocenters. The summed E-state index contributed by atoms with van der Waals surface area (Å²) in [7, 11) is 0. The Bertz CT molecular complexity index is 379. The molecule has 88 valence electrons. The van der Waals surface area contributed by atoms with Gasteiger partial charge in [0.25, 0.3) is 0 Å². The second kappa shape index (κ2) is 3.74. The third-order valence-electron chi connectivity index (χ3n) is 3.61. The van der Waals surface area contributed by atoms with E-state index in [2.05, 4.69) is 30.2 Å². The van der Waals surface area contributed by atoms with Gasteiger partial charge in [0.15, 0.2) is 0 Å². The number of hydrogen-bond donors (Lipinski definition) is 0. The fourth-order valence-electron chi connectivity index (χ4n) is 2.88. The first-order valence-electron chi connectivity index (χ1n) is 6.16. The van der Waals surface area contributed by atoms with E-state index in [-0.39, 0.29) is 5.60 Å². The average molecular weight is 237 g/mol. The van der Waals surface area contributed by atoms with E-state index >= 15 is 0 Å². The fraction of sp³-hybridized carbons (Fsp3) is 0.692. The number of thiophene rings is 1. The van der Waals surface area contributed by atoms with Crippen LogP contribution in [0.15, 0.2) is 11.4 Å². The van der Waals surface area contributed by atoms with Crippen LogP contribution in [0.3, 0.4) is 0 Å². The van der Waals surface area contributed by atoms with Crippen LogP contribution in [0, 0.1) is 0 Å². The van der Waals surface area contributed by atoms with Gasteiger partial charge in [-0.2, -0.15) is 0 Å². The minimum Gasteiger partial charge on any atom is -0.487 e. The van der Waals surface area contributed by atoms with Crippen molar-refractivity contribution in [2.24, 2.45) is 0 Å². The lowest BCUT2D eigenvalue weighted by molar-refractivity contribution is 0.0393. The molecule has 0 N–H and O–H groups in total. The lowest BCUT2D eigenvalue weighted by atomic mass is 9.93. The van der Waals surface area contributed by atoms with Crippen molar-refractivity contribution in [1.29, 1.82) is 0 Å². The zero-order valence-electron chi connectivity index (χ0n) is 10.0. The highest BCUT2D eigenvalue weighted by atomic mass is 32.1. The third-order valence-corrected chi connectivity index (χ3v) is 4.61. The van der Waals surface area contributed by atoms with Crippen molar-refractivity contribution < 1.29 is 4.74 Å². The second-order valence-corrected chi connectivity index (χ2v) is 6.42. The van der Waals surface area contributed by atoms with E-state index < -0.39 is 0 Å². The van der Waals surface area contributed by atoms with Crippen molar-refractivity contribution in [2.75, 3.05) is 13.1 Å². The zero-order chi connectivity index (χ0) is 11.2. The molecule has 16 heavy (non-hydrogen) atoms. The smallest absolute Gasteiger partial charge is 0.135 e. The molecule has 0 spiro atoms. The minimum atomic E-state index is -0.0126. The Morgan fingerprint density at radius 2 is 2.12 bits per heavy atom. The summed E-state index contributed by atoms with van der Waals surface area (Å²) < 4.78 is 6.03. The van der Waals surface area contributed by atoms with Gasteiger partial charge in [-0.05, 0) is 51.2 Å². The zero-order valence-corrected chi connectivity index (χ0v) is 10.8. The molecule has 0 saturated carbocycles. The topological polar surface area (TPSA) is 12.5 Å². The van der Waals surface area contributed by atoms with E-state index in [0.717, 1.165) is 12.2 Å². The highest BCUT2D eigenvalue weighted by Crippen LogP contribution is 2.46. The van der Waals surface area contributed by atoms with Gasteiger partial charge in [-0.1, -0.05) is 0 Å². The Hall–Kier alpha value is -0.540. The Balaban J connectivity index is 1.93. The molecule has 3 rings (SSSR count). The number of rotatable bonds is 1. The van der Waals surface area contributed by atoms with E-state index in [9.17, 15) is 0 Å². The first-order valence-corrected chi connectivity index (χ1v) is 7.04. The van der Waals surface area contributed by atoms with Crippen molar-refractivity contribution in [3.8, 4) is 5.75 Å². The monoisotopic (exact) mass is 237 g/mol. The highest BCUT2D eigenvalue weighted by Gasteiger charge is 2.38. The fourth-order valence-corrected chi connectivity index (χ4v) is 3.84. The maximum absolute atomic E-state index is 6.03. The number of hydrogen-bond acceptors (Lipinski definition) is 3. The molecule has 2 nitrogen and oxygen atoms in total. The molecule has 3 heterocycles. The minimum absolute atomic E-state index is 0.0126. The van der Waals surface area contributed by atoms with Gasteiger partial charge in [0, 0.05) is 6.42 Å². The first-order chi connectivity index (χ1) is 7.66. The van der Waals surface area contributed by atoms with Gasteiger partial charge < -0.3 is 4.74 Å². The molecule has 1 fully saturated rings. The van der Waals surface area contributed by atoms with Gasteiger partial charge in [0.05, 0.1) is 10.9 Å². The summed E-state index contributed by atoms with van der Waals surface area (Å²) in [6, 6.07) is 2.73. The quantitative estimate of drug-likeness (QED) is 0.742. The van der Waals surface area contributed by atoms with Gasteiger partial charge in [0.1, 0.15) is 11.4 Å².